The van der Waals surface area contributed by atoms with Gasteiger partial charge in [0.2, 0.25) is 0 Å². The molecule has 1 aliphatic rings. The minimum absolute atomic E-state index is 0.0156. The van der Waals surface area contributed by atoms with Crippen LogP contribution in [-0.4, -0.2) is 55.1 Å². The number of nitrogens with one attached hydrogen (secondary N) is 2. The van der Waals surface area contributed by atoms with Crippen molar-refractivity contribution in [2.75, 3.05) is 38.5 Å². The van der Waals surface area contributed by atoms with Crippen molar-refractivity contribution in [2.24, 2.45) is 0 Å². The molecule has 0 saturated carbocycles. The van der Waals surface area contributed by atoms with Crippen molar-refractivity contribution < 1.29 is 4.79 Å². The van der Waals surface area contributed by atoms with Crippen LogP contribution >= 0.6 is 11.3 Å². The number of hydrogen-bond acceptors (Lipinski definition) is 4. The molecule has 6 heteroatoms. The number of rotatable bonds is 5. The molecule has 26 heavy (non-hydrogen) atoms. The van der Waals surface area contributed by atoms with Gasteiger partial charge in [0.25, 0.3) is 0 Å². The van der Waals surface area contributed by atoms with Crippen molar-refractivity contribution in [2.45, 2.75) is 25.9 Å². The first-order valence-corrected chi connectivity index (χ1v) is 10.0. The van der Waals surface area contributed by atoms with E-state index in [1.165, 1.54) is 4.88 Å². The van der Waals surface area contributed by atoms with Crippen LogP contribution in [0.4, 0.5) is 10.5 Å². The number of amides is 2. The van der Waals surface area contributed by atoms with Crippen LogP contribution in [0.3, 0.4) is 0 Å². The average Bonchev–Trinajstić information content (AvgIpc) is 3.11. The number of anilines is 1. The number of hydrogen-bond donors (Lipinski definition) is 2. The van der Waals surface area contributed by atoms with E-state index < -0.39 is 0 Å². The van der Waals surface area contributed by atoms with Crippen molar-refractivity contribution in [3.63, 3.8) is 0 Å². The Hall–Kier alpha value is -1.89. The molecule has 0 aliphatic carbocycles. The molecule has 2 aromatic rings. The van der Waals surface area contributed by atoms with Gasteiger partial charge in [0.05, 0.1) is 6.04 Å². The molecule has 1 aromatic carbocycles. The van der Waals surface area contributed by atoms with E-state index in [0.717, 1.165) is 37.4 Å². The molecule has 0 unspecified atom stereocenters. The number of benzene rings is 1. The van der Waals surface area contributed by atoms with E-state index in [1.54, 1.807) is 11.3 Å². The van der Waals surface area contributed by atoms with Crippen LogP contribution in [0.5, 0.6) is 0 Å². The molecule has 2 atom stereocenters. The quantitative estimate of drug-likeness (QED) is 0.844. The van der Waals surface area contributed by atoms with Gasteiger partial charge in [-0.2, -0.15) is 0 Å². The molecule has 1 aromatic heterocycles. The van der Waals surface area contributed by atoms with Gasteiger partial charge in [-0.05, 0) is 50.0 Å². The first kappa shape index (κ1) is 18.9. The van der Waals surface area contributed by atoms with Gasteiger partial charge in [-0.3, -0.25) is 4.90 Å². The summed E-state index contributed by atoms with van der Waals surface area (Å²) in [5, 5.41) is 8.21. The maximum Gasteiger partial charge on any atom is 0.319 e. The number of carbonyl (C=O) groups excluding carboxylic acids is 1. The van der Waals surface area contributed by atoms with E-state index in [0.29, 0.717) is 0 Å². The van der Waals surface area contributed by atoms with E-state index in [2.05, 4.69) is 51.9 Å². The van der Waals surface area contributed by atoms with Crippen molar-refractivity contribution in [3.05, 3.63) is 52.2 Å². The van der Waals surface area contributed by atoms with Gasteiger partial charge in [0, 0.05) is 42.8 Å². The van der Waals surface area contributed by atoms with Crippen molar-refractivity contribution in [1.82, 2.24) is 15.1 Å². The molecular weight excluding hydrogens is 344 g/mol. The van der Waals surface area contributed by atoms with Crippen LogP contribution in [0.25, 0.3) is 0 Å². The van der Waals surface area contributed by atoms with Crippen LogP contribution in [-0.2, 0) is 0 Å². The Morgan fingerprint density at radius 3 is 2.58 bits per heavy atom. The number of likely N-dealkylation sites (N-methyl/N-ethyl adjacent to an activating group) is 1. The normalized spacial score (nSPS) is 18.3. The highest BCUT2D eigenvalue weighted by atomic mass is 32.1. The lowest BCUT2D eigenvalue weighted by atomic mass is 10.1. The van der Waals surface area contributed by atoms with E-state index in [-0.39, 0.29) is 18.1 Å². The molecule has 1 saturated heterocycles. The minimum atomic E-state index is -0.154. The lowest BCUT2D eigenvalue weighted by Crippen LogP contribution is -2.51. The third kappa shape index (κ3) is 4.84. The fraction of sp³-hybridized carbons (Fsp3) is 0.450. The summed E-state index contributed by atoms with van der Waals surface area (Å²) in [5.74, 6) is 0. The van der Waals surface area contributed by atoms with Crippen molar-refractivity contribution in [3.8, 4) is 0 Å². The third-order valence-electron chi connectivity index (χ3n) is 4.87. The van der Waals surface area contributed by atoms with E-state index in [9.17, 15) is 4.79 Å². The standard InChI is InChI=1S/C20H28N4OS/c1-15-6-4-7-17(14-15)22-20(25)21-16(2)19(18-8-5-13-26-18)24-11-9-23(3)10-12-24/h4-8,13-14,16,19H,9-12H2,1-3H3,(H2,21,22,25)/t16-,19-/m0/s1. The number of piperazine rings is 1. The lowest BCUT2D eigenvalue weighted by Gasteiger charge is -2.40. The van der Waals surface area contributed by atoms with Crippen LogP contribution in [0.1, 0.15) is 23.4 Å². The lowest BCUT2D eigenvalue weighted by molar-refractivity contribution is 0.0971. The zero-order valence-electron chi connectivity index (χ0n) is 15.7. The molecule has 2 amide bonds. The van der Waals surface area contributed by atoms with Gasteiger partial charge < -0.3 is 15.5 Å². The molecule has 0 radical (unpaired) electrons. The second kappa shape index (κ2) is 8.66. The van der Waals surface area contributed by atoms with Crippen molar-refractivity contribution >= 4 is 23.1 Å². The number of urea groups is 1. The summed E-state index contributed by atoms with van der Waals surface area (Å²) >= 11 is 1.76. The molecule has 3 rings (SSSR count). The number of carbonyl (C=O) groups is 1. The first-order valence-electron chi connectivity index (χ1n) is 9.13. The van der Waals surface area contributed by atoms with Gasteiger partial charge in [0.15, 0.2) is 0 Å². The van der Waals surface area contributed by atoms with Crippen LogP contribution in [0.2, 0.25) is 0 Å². The number of aryl methyl sites for hydroxylation is 1. The third-order valence-corrected chi connectivity index (χ3v) is 5.82. The second-order valence-electron chi connectivity index (χ2n) is 7.06. The van der Waals surface area contributed by atoms with E-state index in [1.807, 2.05) is 31.2 Å². The maximum absolute atomic E-state index is 12.5. The SMILES string of the molecule is Cc1cccc(NC(=O)N[C@@H](C)[C@@H](c2cccs2)N2CCN(C)CC2)c1. The van der Waals surface area contributed by atoms with Gasteiger partial charge in [-0.1, -0.05) is 18.2 Å². The summed E-state index contributed by atoms with van der Waals surface area (Å²) < 4.78 is 0. The average molecular weight is 373 g/mol. The topological polar surface area (TPSA) is 47.6 Å². The Kier molecular flexibility index (Phi) is 6.29. The predicted octanol–water partition coefficient (Wildman–Crippen LogP) is 3.56. The number of thiophene rings is 1. The largest absolute Gasteiger partial charge is 0.333 e. The highest BCUT2D eigenvalue weighted by Gasteiger charge is 2.30. The smallest absolute Gasteiger partial charge is 0.319 e. The van der Waals surface area contributed by atoms with Crippen molar-refractivity contribution in [1.29, 1.82) is 0 Å². The Labute approximate surface area is 160 Å². The van der Waals surface area contributed by atoms with Gasteiger partial charge in [-0.25, -0.2) is 4.79 Å². The Balaban J connectivity index is 1.67. The Morgan fingerprint density at radius 2 is 1.92 bits per heavy atom. The molecule has 5 nitrogen and oxygen atoms in total. The monoisotopic (exact) mass is 372 g/mol. The molecule has 2 heterocycles. The first-order chi connectivity index (χ1) is 12.5. The van der Waals surface area contributed by atoms with E-state index in [4.69, 9.17) is 0 Å². The highest BCUT2D eigenvalue weighted by molar-refractivity contribution is 7.10. The fourth-order valence-electron chi connectivity index (χ4n) is 3.48. The second-order valence-corrected chi connectivity index (χ2v) is 8.04. The predicted molar refractivity (Wildman–Crippen MR) is 109 cm³/mol. The molecular formula is C20H28N4OS. The van der Waals surface area contributed by atoms with Crippen LogP contribution < -0.4 is 10.6 Å². The fourth-order valence-corrected chi connectivity index (χ4v) is 4.44. The summed E-state index contributed by atoms with van der Waals surface area (Å²) in [6.07, 6.45) is 0. The Bertz CT molecular complexity index is 710. The number of nitrogens with zero attached hydrogens (tertiary/aromatic N) is 2. The summed E-state index contributed by atoms with van der Waals surface area (Å²) in [7, 11) is 2.16. The molecule has 0 spiro atoms. The van der Waals surface area contributed by atoms with Gasteiger partial charge in [-0.15, -0.1) is 11.3 Å². The molecule has 0 bridgehead atoms. The van der Waals surface area contributed by atoms with Crippen LogP contribution in [0.15, 0.2) is 41.8 Å². The summed E-state index contributed by atoms with van der Waals surface area (Å²) in [6, 6.07) is 12.2. The Morgan fingerprint density at radius 1 is 1.15 bits per heavy atom. The molecule has 140 valence electrons. The van der Waals surface area contributed by atoms with E-state index >= 15 is 0 Å². The van der Waals surface area contributed by atoms with Crippen LogP contribution in [0, 0.1) is 6.92 Å². The zero-order valence-corrected chi connectivity index (χ0v) is 16.6. The highest BCUT2D eigenvalue weighted by Crippen LogP contribution is 2.29. The summed E-state index contributed by atoms with van der Waals surface area (Å²) in [4.78, 5) is 18.6. The molecule has 2 N–H and O–H groups in total. The zero-order chi connectivity index (χ0) is 18.5. The molecule has 1 fully saturated rings. The van der Waals surface area contributed by atoms with Gasteiger partial charge >= 0.3 is 6.03 Å². The maximum atomic E-state index is 12.5. The molecule has 1 aliphatic heterocycles. The summed E-state index contributed by atoms with van der Waals surface area (Å²) in [6.45, 7) is 8.27. The minimum Gasteiger partial charge on any atom is -0.333 e. The summed E-state index contributed by atoms with van der Waals surface area (Å²) in [5.41, 5.74) is 1.95. The van der Waals surface area contributed by atoms with Gasteiger partial charge in [0.1, 0.15) is 0 Å².